The molecule has 1 heterocycles. The summed E-state index contributed by atoms with van der Waals surface area (Å²) in [6.07, 6.45) is 1.48. The van der Waals surface area contributed by atoms with E-state index in [4.69, 9.17) is 11.6 Å². The molecule has 0 spiro atoms. The Kier molecular flexibility index (Phi) is 2.50. The number of rotatable bonds is 1. The van der Waals surface area contributed by atoms with Crippen molar-refractivity contribution >= 4 is 22.5 Å². The Morgan fingerprint density at radius 2 is 1.65 bits per heavy atom. The molecule has 2 nitrogen and oxygen atoms in total. The van der Waals surface area contributed by atoms with Crippen LogP contribution in [0.15, 0.2) is 54.9 Å². The number of benzene rings is 2. The summed E-state index contributed by atoms with van der Waals surface area (Å²) in [4.78, 5) is 8.18. The molecular formula is C14H9ClN2. The Morgan fingerprint density at radius 1 is 0.824 bits per heavy atom. The molecule has 0 unspecified atom stereocenters. The molecule has 3 heteroatoms. The lowest BCUT2D eigenvalue weighted by molar-refractivity contribution is 1.22. The molecule has 0 atom stereocenters. The number of hydrogen-bond acceptors (Lipinski definition) is 2. The Balaban J connectivity index is 2.23. The van der Waals surface area contributed by atoms with Gasteiger partial charge in [-0.15, -0.1) is 0 Å². The molecular weight excluding hydrogens is 232 g/mol. The summed E-state index contributed by atoms with van der Waals surface area (Å²) in [7, 11) is 0. The highest BCUT2D eigenvalue weighted by Gasteiger charge is 2.03. The normalized spacial score (nSPS) is 10.6. The second-order valence-electron chi connectivity index (χ2n) is 3.76. The van der Waals surface area contributed by atoms with Gasteiger partial charge >= 0.3 is 0 Å². The zero-order valence-electron chi connectivity index (χ0n) is 8.97. The average Bonchev–Trinajstić information content (AvgIpc) is 2.40. The third kappa shape index (κ3) is 1.87. The molecule has 0 aliphatic carbocycles. The highest BCUT2D eigenvalue weighted by Crippen LogP contribution is 2.26. The van der Waals surface area contributed by atoms with Crippen molar-refractivity contribution in [1.29, 1.82) is 0 Å². The van der Waals surface area contributed by atoms with Gasteiger partial charge < -0.3 is 0 Å². The molecule has 0 radical (unpaired) electrons. The summed E-state index contributed by atoms with van der Waals surface area (Å²) >= 11 is 6.07. The van der Waals surface area contributed by atoms with Crippen LogP contribution in [0.3, 0.4) is 0 Å². The third-order valence-corrected chi connectivity index (χ3v) is 3.00. The molecule has 2 aromatic carbocycles. The molecule has 82 valence electrons. The number of fused-ring (bicyclic) bond motifs is 1. The standard InChI is InChI=1S/C14H9ClN2/c15-14-12-8-11(10-4-2-1-3-5-10)6-7-13(12)16-9-17-14/h1-9H. The van der Waals surface area contributed by atoms with E-state index in [2.05, 4.69) is 22.1 Å². The molecule has 3 rings (SSSR count). The van der Waals surface area contributed by atoms with Gasteiger partial charge in [0, 0.05) is 5.39 Å². The van der Waals surface area contributed by atoms with Crippen LogP contribution in [-0.2, 0) is 0 Å². The molecule has 0 bridgehead atoms. The second-order valence-corrected chi connectivity index (χ2v) is 4.12. The average molecular weight is 241 g/mol. The molecule has 17 heavy (non-hydrogen) atoms. The SMILES string of the molecule is Clc1ncnc2ccc(-c3ccccc3)cc12. The van der Waals surface area contributed by atoms with Crippen molar-refractivity contribution in [3.63, 3.8) is 0 Å². The number of aromatic nitrogens is 2. The summed E-state index contributed by atoms with van der Waals surface area (Å²) < 4.78 is 0. The van der Waals surface area contributed by atoms with Crippen molar-refractivity contribution in [3.05, 3.63) is 60.0 Å². The van der Waals surface area contributed by atoms with Crippen molar-refractivity contribution in [1.82, 2.24) is 9.97 Å². The molecule has 1 aromatic heterocycles. The Bertz CT molecular complexity index is 665. The van der Waals surface area contributed by atoms with E-state index >= 15 is 0 Å². The lowest BCUT2D eigenvalue weighted by Crippen LogP contribution is -1.85. The second kappa shape index (κ2) is 4.15. The molecule has 0 amide bonds. The summed E-state index contributed by atoms with van der Waals surface area (Å²) in [6.45, 7) is 0. The number of halogens is 1. The summed E-state index contributed by atoms with van der Waals surface area (Å²) in [6, 6.07) is 16.2. The van der Waals surface area contributed by atoms with Gasteiger partial charge in [0.05, 0.1) is 5.52 Å². The summed E-state index contributed by atoms with van der Waals surface area (Å²) in [5.74, 6) is 0. The van der Waals surface area contributed by atoms with Crippen LogP contribution in [0, 0.1) is 0 Å². The first-order chi connectivity index (χ1) is 8.34. The molecule has 0 saturated heterocycles. The Morgan fingerprint density at radius 3 is 2.47 bits per heavy atom. The largest absolute Gasteiger partial charge is 0.236 e. The maximum atomic E-state index is 6.07. The lowest BCUT2D eigenvalue weighted by Gasteiger charge is -2.04. The summed E-state index contributed by atoms with van der Waals surface area (Å²) in [5, 5.41) is 1.38. The monoisotopic (exact) mass is 240 g/mol. The van der Waals surface area contributed by atoms with E-state index in [1.165, 1.54) is 6.33 Å². The van der Waals surface area contributed by atoms with E-state index in [1.807, 2.05) is 36.4 Å². The van der Waals surface area contributed by atoms with Crippen molar-refractivity contribution in [3.8, 4) is 11.1 Å². The number of nitrogens with zero attached hydrogens (tertiary/aromatic N) is 2. The van der Waals surface area contributed by atoms with Crippen LogP contribution >= 0.6 is 11.6 Å². The van der Waals surface area contributed by atoms with Gasteiger partial charge in [-0.05, 0) is 23.3 Å². The van der Waals surface area contributed by atoms with E-state index in [9.17, 15) is 0 Å². The fraction of sp³-hybridized carbons (Fsp3) is 0. The van der Waals surface area contributed by atoms with Crippen molar-refractivity contribution in [2.45, 2.75) is 0 Å². The first-order valence-corrected chi connectivity index (χ1v) is 5.68. The zero-order chi connectivity index (χ0) is 11.7. The zero-order valence-corrected chi connectivity index (χ0v) is 9.72. The van der Waals surface area contributed by atoms with Crippen LogP contribution in [0.25, 0.3) is 22.0 Å². The first kappa shape index (κ1) is 10.2. The minimum atomic E-state index is 0.493. The predicted octanol–water partition coefficient (Wildman–Crippen LogP) is 3.95. The van der Waals surface area contributed by atoms with Crippen LogP contribution < -0.4 is 0 Å². The highest BCUT2D eigenvalue weighted by molar-refractivity contribution is 6.34. The van der Waals surface area contributed by atoms with Crippen LogP contribution in [0.2, 0.25) is 5.15 Å². The van der Waals surface area contributed by atoms with Gasteiger partial charge in [0.25, 0.3) is 0 Å². The fourth-order valence-electron chi connectivity index (χ4n) is 1.84. The van der Waals surface area contributed by atoms with E-state index < -0.39 is 0 Å². The summed E-state index contributed by atoms with van der Waals surface area (Å²) in [5.41, 5.74) is 3.15. The first-order valence-electron chi connectivity index (χ1n) is 5.30. The van der Waals surface area contributed by atoms with E-state index in [0.717, 1.165) is 22.0 Å². The van der Waals surface area contributed by atoms with Crippen molar-refractivity contribution in [2.24, 2.45) is 0 Å². The van der Waals surface area contributed by atoms with Crippen LogP contribution in [0.4, 0.5) is 0 Å². The fourth-order valence-corrected chi connectivity index (χ4v) is 2.03. The quantitative estimate of drug-likeness (QED) is 0.602. The van der Waals surface area contributed by atoms with Crippen LogP contribution in [0.5, 0.6) is 0 Å². The van der Waals surface area contributed by atoms with Crippen LogP contribution in [-0.4, -0.2) is 9.97 Å². The van der Waals surface area contributed by atoms with E-state index in [0.29, 0.717) is 5.15 Å². The minimum absolute atomic E-state index is 0.493. The minimum Gasteiger partial charge on any atom is -0.236 e. The van der Waals surface area contributed by atoms with Gasteiger partial charge in [-0.3, -0.25) is 0 Å². The van der Waals surface area contributed by atoms with E-state index in [1.54, 1.807) is 0 Å². The molecule has 0 N–H and O–H groups in total. The van der Waals surface area contributed by atoms with Gasteiger partial charge in [0.15, 0.2) is 0 Å². The molecule has 0 saturated carbocycles. The van der Waals surface area contributed by atoms with Gasteiger partial charge in [-0.25, -0.2) is 9.97 Å². The third-order valence-electron chi connectivity index (χ3n) is 2.69. The predicted molar refractivity (Wildman–Crippen MR) is 70.0 cm³/mol. The Hall–Kier alpha value is -1.93. The van der Waals surface area contributed by atoms with Gasteiger partial charge in [-0.2, -0.15) is 0 Å². The van der Waals surface area contributed by atoms with E-state index in [-0.39, 0.29) is 0 Å². The van der Waals surface area contributed by atoms with Gasteiger partial charge in [0.2, 0.25) is 0 Å². The van der Waals surface area contributed by atoms with Crippen molar-refractivity contribution < 1.29 is 0 Å². The molecule has 3 aromatic rings. The van der Waals surface area contributed by atoms with Gasteiger partial charge in [-0.1, -0.05) is 48.0 Å². The number of hydrogen-bond donors (Lipinski definition) is 0. The maximum absolute atomic E-state index is 6.07. The van der Waals surface area contributed by atoms with Gasteiger partial charge in [0.1, 0.15) is 11.5 Å². The maximum Gasteiger partial charge on any atom is 0.140 e. The molecule has 0 fully saturated rings. The smallest absolute Gasteiger partial charge is 0.140 e. The Labute approximate surface area is 104 Å². The molecule has 0 aliphatic heterocycles. The van der Waals surface area contributed by atoms with Crippen LogP contribution in [0.1, 0.15) is 0 Å². The van der Waals surface area contributed by atoms with Crippen molar-refractivity contribution in [2.75, 3.05) is 0 Å². The highest BCUT2D eigenvalue weighted by atomic mass is 35.5. The lowest BCUT2D eigenvalue weighted by atomic mass is 10.0. The topological polar surface area (TPSA) is 25.8 Å². The molecule has 0 aliphatic rings.